The standard InChI is InChI=1S/C34H29F12N2O2P.C13H11N.CH4O3S.Pd/c1-47(2)24-8-7-9-25(48(3)4)28(24)29-26(49-5)10-11-27(50-6)30(29)51(22-14-18(31(35,36)37)12-19(15-22)32(38,39)40)23-16-20(33(41,42)43)13-21(17-23)34(44,45)46;1-14-13-10-6-5-9-12(13)11-7-3-2-4-8-11;1-5(2,3)4;/h7-17H,1-6H3;2-7,9-10H,1H3;1H3,(H,2,3,4);/q;-2;;/p-1. The van der Waals surface area contributed by atoms with Crippen LogP contribution in [0.1, 0.15) is 22.3 Å². The van der Waals surface area contributed by atoms with Gasteiger partial charge in [-0.05, 0) is 79.2 Å². The molecule has 0 saturated heterocycles. The average Bonchev–Trinajstić information content (AvgIpc) is 3.27. The molecule has 23 heteroatoms. The molecule has 0 atom stereocenters. The van der Waals surface area contributed by atoms with Crippen LogP contribution >= 0.6 is 7.92 Å². The molecule has 0 bridgehead atoms. The summed E-state index contributed by atoms with van der Waals surface area (Å²) in [7, 11) is 3.47. The van der Waals surface area contributed by atoms with Crippen molar-refractivity contribution in [1.82, 2.24) is 0 Å². The van der Waals surface area contributed by atoms with Crippen molar-refractivity contribution in [3.05, 3.63) is 149 Å². The number of benzene rings is 6. The maximum atomic E-state index is 14.2. The number of hydrogen-bond donors (Lipinski definition) is 0. The predicted molar refractivity (Wildman–Crippen MR) is 248 cm³/mol. The molecular weight excluding hydrogens is 1100 g/mol. The van der Waals surface area contributed by atoms with Gasteiger partial charge in [0.15, 0.2) is 0 Å². The maximum Gasteiger partial charge on any atom is 0.416 e. The molecule has 6 rings (SSSR count). The van der Waals surface area contributed by atoms with Crippen molar-refractivity contribution < 1.29 is 95.6 Å². The van der Waals surface area contributed by atoms with Crippen molar-refractivity contribution >= 4 is 51.0 Å². The van der Waals surface area contributed by atoms with Crippen molar-refractivity contribution in [2.24, 2.45) is 0 Å². The van der Waals surface area contributed by atoms with E-state index in [9.17, 15) is 52.7 Å². The minimum Gasteiger partial charge on any atom is -0.748 e. The number of rotatable bonds is 10. The van der Waals surface area contributed by atoms with Gasteiger partial charge >= 0.3 is 24.7 Å². The van der Waals surface area contributed by atoms with Crippen LogP contribution in [0, 0.1) is 6.07 Å². The van der Waals surface area contributed by atoms with E-state index < -0.39 is 75.6 Å². The molecule has 0 aliphatic carbocycles. The minimum absolute atomic E-state index is 0. The Kier molecular flexibility index (Phi) is 20.0. The number of methoxy groups -OCH3 is 2. The summed E-state index contributed by atoms with van der Waals surface area (Å²) in [5.41, 5.74) is -3.05. The van der Waals surface area contributed by atoms with E-state index in [2.05, 4.69) is 17.4 Å². The number of hydrogen-bond acceptors (Lipinski definition) is 7. The Balaban J connectivity index is 0.000000552. The van der Waals surface area contributed by atoms with Gasteiger partial charge in [-0.3, -0.25) is 0 Å². The average molecular weight is 1140 g/mol. The second-order valence-corrected chi connectivity index (χ2v) is 18.8. The van der Waals surface area contributed by atoms with Crippen LogP contribution in [-0.4, -0.2) is 68.7 Å². The Labute approximate surface area is 417 Å². The fourth-order valence-electron chi connectivity index (χ4n) is 6.88. The smallest absolute Gasteiger partial charge is 0.416 e. The summed E-state index contributed by atoms with van der Waals surface area (Å²) in [4.78, 5) is 3.23. The molecule has 0 radical (unpaired) electrons. The molecule has 0 amide bonds. The number of ether oxygens (including phenoxy) is 2. The number of nitrogens with zero attached hydrogens (tertiary/aromatic N) is 3. The van der Waals surface area contributed by atoms with E-state index in [4.69, 9.17) is 22.4 Å². The molecular formula is C48H43F12N3O5PPdS-3. The minimum atomic E-state index is -5.40. The first-order valence-electron chi connectivity index (χ1n) is 20.0. The fourth-order valence-corrected chi connectivity index (χ4v) is 9.60. The normalized spacial score (nSPS) is 11.9. The second-order valence-electron chi connectivity index (χ2n) is 15.2. The summed E-state index contributed by atoms with van der Waals surface area (Å²) in [5.74, 6) is -0.311. The Morgan fingerprint density at radius 2 is 0.972 bits per heavy atom. The van der Waals surface area contributed by atoms with Gasteiger partial charge in [0.05, 0.1) is 46.6 Å². The van der Waals surface area contributed by atoms with Gasteiger partial charge in [-0.2, -0.15) is 58.4 Å². The van der Waals surface area contributed by atoms with Gasteiger partial charge in [-0.15, -0.1) is 48.5 Å². The Morgan fingerprint density at radius 1 is 0.577 bits per heavy atom. The van der Waals surface area contributed by atoms with E-state index in [-0.39, 0.29) is 60.5 Å². The van der Waals surface area contributed by atoms with E-state index in [0.29, 0.717) is 41.9 Å². The van der Waals surface area contributed by atoms with Gasteiger partial charge in [-0.25, -0.2) is 8.42 Å². The zero-order valence-corrected chi connectivity index (χ0v) is 41.8. The molecule has 71 heavy (non-hydrogen) atoms. The molecule has 8 nitrogen and oxygen atoms in total. The molecule has 0 saturated carbocycles. The first kappa shape index (κ1) is 59.8. The van der Waals surface area contributed by atoms with E-state index in [1.165, 1.54) is 19.2 Å². The molecule has 0 aliphatic rings. The first-order chi connectivity index (χ1) is 32.3. The Bertz CT molecular complexity index is 2690. The molecule has 6 aromatic carbocycles. The molecule has 0 N–H and O–H groups in total. The van der Waals surface area contributed by atoms with Crippen LogP contribution in [0.2, 0.25) is 0 Å². The van der Waals surface area contributed by atoms with Crippen LogP contribution in [0.3, 0.4) is 0 Å². The van der Waals surface area contributed by atoms with Gasteiger partial charge in [0.1, 0.15) is 11.5 Å². The fraction of sp³-hybridized carbons (Fsp3) is 0.250. The first-order valence-corrected chi connectivity index (χ1v) is 23.2. The zero-order valence-electron chi connectivity index (χ0n) is 38.6. The van der Waals surface area contributed by atoms with E-state index in [1.807, 2.05) is 49.5 Å². The van der Waals surface area contributed by atoms with Crippen molar-refractivity contribution in [3.8, 4) is 33.8 Å². The van der Waals surface area contributed by atoms with Crippen LogP contribution < -0.4 is 35.2 Å². The third kappa shape index (κ3) is 15.7. The van der Waals surface area contributed by atoms with E-state index >= 15 is 0 Å². The number of para-hydroxylation sites is 1. The summed E-state index contributed by atoms with van der Waals surface area (Å²) in [6.07, 6.45) is -21.0. The molecule has 0 fully saturated rings. The zero-order chi connectivity index (χ0) is 52.7. The maximum absolute atomic E-state index is 14.2. The van der Waals surface area contributed by atoms with Crippen molar-refractivity contribution in [1.29, 1.82) is 0 Å². The summed E-state index contributed by atoms with van der Waals surface area (Å²) < 4.78 is 209. The summed E-state index contributed by atoms with van der Waals surface area (Å²) in [6.45, 7) is 0. The third-order valence-corrected chi connectivity index (χ3v) is 12.2. The van der Waals surface area contributed by atoms with Gasteiger partial charge in [0, 0.05) is 82.7 Å². The van der Waals surface area contributed by atoms with Gasteiger partial charge in [-0.1, -0.05) is 30.3 Å². The van der Waals surface area contributed by atoms with Crippen LogP contribution in [0.25, 0.3) is 27.6 Å². The molecule has 0 spiro atoms. The molecule has 388 valence electrons. The van der Waals surface area contributed by atoms with Gasteiger partial charge in [0.2, 0.25) is 0 Å². The van der Waals surface area contributed by atoms with Gasteiger partial charge < -0.3 is 29.1 Å². The third-order valence-electron chi connectivity index (χ3n) is 9.81. The Hall–Kier alpha value is -5.52. The molecule has 6 aromatic rings. The van der Waals surface area contributed by atoms with Crippen molar-refractivity contribution in [2.75, 3.05) is 65.5 Å². The van der Waals surface area contributed by atoms with Crippen molar-refractivity contribution in [3.63, 3.8) is 0 Å². The molecule has 0 unspecified atom stereocenters. The van der Waals surface area contributed by atoms with Crippen LogP contribution in [-0.2, 0) is 55.2 Å². The largest absolute Gasteiger partial charge is 0.748 e. The SMILES string of the molecule is COc1ccc(OC)c(P(c2cc(C(F)(F)F)cc(C(F)(F)F)c2)c2cc(C(F)(F)F)cc(C(F)(F)F)c2)c1-c1c(N(C)C)cccc1N(C)C.CS(=O)(=O)[O-].C[N-]c1ccccc1-c1[c-]cccc1.[Pd]. The number of alkyl halides is 12. The van der Waals surface area contributed by atoms with Crippen LogP contribution in [0.5, 0.6) is 11.5 Å². The molecule has 0 aromatic heterocycles. The summed E-state index contributed by atoms with van der Waals surface area (Å²) in [5, 5.41) is 2.21. The summed E-state index contributed by atoms with van der Waals surface area (Å²) >= 11 is 0. The van der Waals surface area contributed by atoms with Crippen LogP contribution in [0.4, 0.5) is 69.7 Å². The van der Waals surface area contributed by atoms with Gasteiger partial charge in [0.25, 0.3) is 0 Å². The topological polar surface area (TPSA) is 96.2 Å². The summed E-state index contributed by atoms with van der Waals surface area (Å²) in [6, 6.07) is 27.5. The number of anilines is 2. The predicted octanol–water partition coefficient (Wildman–Crippen LogP) is 12.3. The second kappa shape index (κ2) is 23.8. The number of halogens is 12. The molecule has 0 heterocycles. The van der Waals surface area contributed by atoms with Crippen molar-refractivity contribution in [2.45, 2.75) is 24.7 Å². The quantitative estimate of drug-likeness (QED) is 0.0443. The van der Waals surface area contributed by atoms with E-state index in [1.54, 1.807) is 56.2 Å². The van der Waals surface area contributed by atoms with E-state index in [0.717, 1.165) is 23.9 Å². The Morgan fingerprint density at radius 3 is 1.32 bits per heavy atom. The molecule has 0 aliphatic heterocycles. The monoisotopic (exact) mass is 1140 g/mol. The van der Waals surface area contributed by atoms with Crippen LogP contribution in [0.15, 0.2) is 115 Å².